The summed E-state index contributed by atoms with van der Waals surface area (Å²) in [5, 5.41) is 0. The molecule has 0 spiro atoms. The Hall–Kier alpha value is 0.742. The molecule has 4 heteroatoms. The van der Waals surface area contributed by atoms with Gasteiger partial charge in [-0.05, 0) is 0 Å². The smallest absolute Gasteiger partial charge is 1.00 e. The Morgan fingerprint density at radius 3 is 1.58 bits per heavy atom. The van der Waals surface area contributed by atoms with Crippen LogP contribution in [0.25, 0.3) is 0 Å². The van der Waals surface area contributed by atoms with Crippen LogP contribution in [0, 0.1) is 0 Å². The van der Waals surface area contributed by atoms with Crippen molar-refractivity contribution >= 4 is 15.9 Å². The summed E-state index contributed by atoms with van der Waals surface area (Å²) < 4.78 is 10.8. The van der Waals surface area contributed by atoms with Crippen LogP contribution in [0.2, 0.25) is 0 Å². The Morgan fingerprint density at radius 1 is 1.00 bits per heavy atom. The van der Waals surface area contributed by atoms with Crippen LogP contribution >= 0.6 is 0 Å². The van der Waals surface area contributed by atoms with Gasteiger partial charge < -0.3 is 12.4 Å². The van der Waals surface area contributed by atoms with Gasteiger partial charge in [0.05, 0.1) is 0 Å². The fraction of sp³-hybridized carbons (Fsp3) is 1.00. The summed E-state index contributed by atoms with van der Waals surface area (Å²) in [4.78, 5) is 0. The van der Waals surface area contributed by atoms with Crippen molar-refractivity contribution in [1.29, 1.82) is 0 Å². The second kappa shape index (κ2) is 9.83. The molecule has 0 amide bonds. The zero-order valence-electron chi connectivity index (χ0n) is 8.34. The normalized spacial score (nSPS) is 14.3. The molecule has 0 aliphatic rings. The predicted octanol–water partition coefficient (Wildman–Crippen LogP) is -0.845. The topological polar surface area (TPSA) is 18.5 Å². The Labute approximate surface area is 88.8 Å². The van der Waals surface area contributed by atoms with E-state index in [1.807, 2.05) is 0 Å². The van der Waals surface area contributed by atoms with Crippen molar-refractivity contribution in [3.05, 3.63) is 0 Å². The summed E-state index contributed by atoms with van der Waals surface area (Å²) in [6.07, 6.45) is 2.84. The molecule has 0 aromatic heterocycles. The van der Waals surface area contributed by atoms with Crippen LogP contribution in [-0.2, 0) is 7.58 Å². The molecule has 0 aromatic carbocycles. The molecular formula is C8H18AlClO2. The van der Waals surface area contributed by atoms with Crippen molar-refractivity contribution in [2.24, 2.45) is 0 Å². The zero-order chi connectivity index (χ0) is 8.69. The Morgan fingerprint density at radius 2 is 1.33 bits per heavy atom. The first-order chi connectivity index (χ1) is 5.20. The van der Waals surface area contributed by atoms with Gasteiger partial charge in [-0.1, -0.05) is 0 Å². The number of rotatable bonds is 6. The third-order valence-electron chi connectivity index (χ3n) is 1.73. The molecule has 0 aromatic rings. The molecule has 0 rings (SSSR count). The van der Waals surface area contributed by atoms with Gasteiger partial charge in [-0.3, -0.25) is 0 Å². The van der Waals surface area contributed by atoms with E-state index in [1.165, 1.54) is 0 Å². The van der Waals surface area contributed by atoms with Crippen LogP contribution in [0.15, 0.2) is 0 Å². The largest absolute Gasteiger partial charge is 1.00 e. The monoisotopic (exact) mass is 208 g/mol. The molecule has 2 atom stereocenters. The summed E-state index contributed by atoms with van der Waals surface area (Å²) in [5.74, 6) is 0. The molecular weight excluding hydrogens is 191 g/mol. The van der Waals surface area contributed by atoms with Gasteiger partial charge in [0, 0.05) is 0 Å². The van der Waals surface area contributed by atoms with E-state index in [9.17, 15) is 0 Å². The maximum absolute atomic E-state index is 5.42. The van der Waals surface area contributed by atoms with Crippen molar-refractivity contribution in [2.75, 3.05) is 0 Å². The number of hydrogen-bond donors (Lipinski definition) is 0. The van der Waals surface area contributed by atoms with Crippen LogP contribution in [0.4, 0.5) is 0 Å². The van der Waals surface area contributed by atoms with E-state index in [-0.39, 0.29) is 28.3 Å². The summed E-state index contributed by atoms with van der Waals surface area (Å²) in [7, 11) is 0. The minimum absolute atomic E-state index is 0. The maximum atomic E-state index is 5.42. The van der Waals surface area contributed by atoms with Crippen LogP contribution in [0.1, 0.15) is 40.5 Å². The second-order valence-corrected chi connectivity index (χ2v) is 3.54. The quantitative estimate of drug-likeness (QED) is 0.530. The molecule has 0 heterocycles. The van der Waals surface area contributed by atoms with E-state index in [2.05, 4.69) is 27.7 Å². The first-order valence-electron chi connectivity index (χ1n) is 4.33. The standard InChI is InChI=1S/2C4H9O.Al.ClH/c2*1-3-4(2)5;;/h2*4H,3H2,1-2H3;;1H/q2*-1;+3;/p-1. The van der Waals surface area contributed by atoms with Crippen LogP contribution in [-0.4, -0.2) is 28.1 Å². The van der Waals surface area contributed by atoms with Gasteiger partial charge in [0.2, 0.25) is 0 Å². The molecule has 2 unspecified atom stereocenters. The summed E-state index contributed by atoms with van der Waals surface area (Å²) in [5.41, 5.74) is 0. The number of halogens is 1. The first-order valence-corrected chi connectivity index (χ1v) is 5.27. The first kappa shape index (κ1) is 15.2. The van der Waals surface area contributed by atoms with E-state index in [1.54, 1.807) is 0 Å². The molecule has 0 N–H and O–H groups in total. The maximum Gasteiger partial charge on any atom is -1.00 e. The minimum Gasteiger partial charge on any atom is -1.00 e. The number of hydrogen-bond acceptors (Lipinski definition) is 2. The van der Waals surface area contributed by atoms with E-state index < -0.39 is 0 Å². The van der Waals surface area contributed by atoms with Gasteiger partial charge in [0.25, 0.3) is 0 Å². The Balaban J connectivity index is 0. The third kappa shape index (κ3) is 8.84. The SMILES string of the molecule is CCC(C)[O][Al+][O]C(C)CC.[Cl-]. The molecule has 0 fully saturated rings. The average Bonchev–Trinajstić information content (AvgIpc) is 2.04. The van der Waals surface area contributed by atoms with Crippen molar-refractivity contribution in [2.45, 2.75) is 52.7 Å². The summed E-state index contributed by atoms with van der Waals surface area (Å²) >= 11 is -0.250. The zero-order valence-corrected chi connectivity index (χ0v) is 10.3. The van der Waals surface area contributed by atoms with Gasteiger partial charge in [-0.15, -0.1) is 0 Å². The van der Waals surface area contributed by atoms with Crippen LogP contribution in [0.3, 0.4) is 0 Å². The fourth-order valence-corrected chi connectivity index (χ4v) is 1.24. The Bertz CT molecular complexity index is 83.1. The average molecular weight is 209 g/mol. The van der Waals surface area contributed by atoms with Crippen molar-refractivity contribution in [3.63, 3.8) is 0 Å². The fourth-order valence-electron chi connectivity index (χ4n) is 0.414. The van der Waals surface area contributed by atoms with Gasteiger partial charge >= 0.3 is 76.2 Å². The van der Waals surface area contributed by atoms with Crippen LogP contribution in [0.5, 0.6) is 0 Å². The molecule has 0 bridgehead atoms. The Kier molecular flexibility index (Phi) is 12.5. The van der Waals surface area contributed by atoms with Crippen molar-refractivity contribution in [1.82, 2.24) is 0 Å². The van der Waals surface area contributed by atoms with E-state index in [0.717, 1.165) is 12.8 Å². The van der Waals surface area contributed by atoms with E-state index in [0.29, 0.717) is 12.2 Å². The molecule has 0 radical (unpaired) electrons. The van der Waals surface area contributed by atoms with Gasteiger partial charge in [-0.25, -0.2) is 0 Å². The molecule has 0 aliphatic heterocycles. The molecule has 0 saturated heterocycles. The van der Waals surface area contributed by atoms with Gasteiger partial charge in [0.15, 0.2) is 0 Å². The summed E-state index contributed by atoms with van der Waals surface area (Å²) in [6, 6.07) is 0. The third-order valence-corrected chi connectivity index (χ3v) is 2.88. The molecule has 72 valence electrons. The van der Waals surface area contributed by atoms with E-state index >= 15 is 0 Å². The van der Waals surface area contributed by atoms with Crippen LogP contribution < -0.4 is 12.4 Å². The summed E-state index contributed by atoms with van der Waals surface area (Å²) in [6.45, 7) is 8.39. The second-order valence-electron chi connectivity index (χ2n) is 2.81. The molecule has 2 nitrogen and oxygen atoms in total. The molecule has 12 heavy (non-hydrogen) atoms. The van der Waals surface area contributed by atoms with Gasteiger partial charge in [0.1, 0.15) is 0 Å². The molecule has 0 aliphatic carbocycles. The minimum atomic E-state index is -0.250. The van der Waals surface area contributed by atoms with E-state index in [4.69, 9.17) is 7.58 Å². The van der Waals surface area contributed by atoms with Gasteiger partial charge in [-0.2, -0.15) is 0 Å². The van der Waals surface area contributed by atoms with Crippen molar-refractivity contribution in [3.8, 4) is 0 Å². The molecule has 0 saturated carbocycles. The predicted molar refractivity (Wildman–Crippen MR) is 47.4 cm³/mol. The van der Waals surface area contributed by atoms with Crippen molar-refractivity contribution < 1.29 is 20.0 Å².